The van der Waals surface area contributed by atoms with E-state index in [1.165, 1.54) is 14.2 Å². The van der Waals surface area contributed by atoms with Gasteiger partial charge in [-0.2, -0.15) is 0 Å². The molecule has 2 fully saturated rings. The Morgan fingerprint density at radius 3 is 2.25 bits per heavy atom. The Hall–Kier alpha value is -4.52. The van der Waals surface area contributed by atoms with Gasteiger partial charge in [0.2, 0.25) is 12.5 Å². The second-order valence-electron chi connectivity index (χ2n) is 12.3. The van der Waals surface area contributed by atoms with Crippen molar-refractivity contribution >= 4 is 11.9 Å². The molecule has 1 aromatic heterocycles. The van der Waals surface area contributed by atoms with E-state index in [4.69, 9.17) is 23.7 Å². The van der Waals surface area contributed by atoms with E-state index >= 15 is 0 Å². The van der Waals surface area contributed by atoms with E-state index in [1.807, 2.05) is 33.0 Å². The highest BCUT2D eigenvalue weighted by atomic mass is 16.7. The van der Waals surface area contributed by atoms with Crippen LogP contribution in [-0.4, -0.2) is 103 Å². The number of phenolic OH excluding ortho intramolecular Hbond substituents is 1. The van der Waals surface area contributed by atoms with Gasteiger partial charge in [0, 0.05) is 37.5 Å². The number of likely N-dealkylation sites (N-methyl/N-ethyl adjacent to an activating group) is 1. The van der Waals surface area contributed by atoms with E-state index in [-0.39, 0.29) is 48.2 Å². The lowest BCUT2D eigenvalue weighted by Crippen LogP contribution is -2.53. The van der Waals surface area contributed by atoms with Crippen molar-refractivity contribution < 1.29 is 38.4 Å². The molecule has 0 bridgehead atoms. The average Bonchev–Trinajstić information content (AvgIpc) is 3.74. The van der Waals surface area contributed by atoms with Crippen molar-refractivity contribution in [2.24, 2.45) is 10.8 Å². The molecule has 232 valence electrons. The summed E-state index contributed by atoms with van der Waals surface area (Å²) in [4.78, 5) is 31.4. The number of fused-ring (bicyclic) bond motifs is 3. The molecule has 4 aliphatic rings. The van der Waals surface area contributed by atoms with Crippen LogP contribution < -0.4 is 18.9 Å². The summed E-state index contributed by atoms with van der Waals surface area (Å²) in [6, 6.07) is 6.70. The van der Waals surface area contributed by atoms with Crippen LogP contribution in [0, 0.1) is 10.8 Å². The first-order chi connectivity index (χ1) is 21.1. The number of ether oxygens (including phenoxy) is 5. The minimum absolute atomic E-state index is 0.0675. The normalized spacial score (nSPS) is 27.5. The van der Waals surface area contributed by atoms with E-state index < -0.39 is 22.8 Å². The lowest BCUT2D eigenvalue weighted by molar-refractivity contribution is -0.147. The van der Waals surface area contributed by atoms with Crippen LogP contribution in [0.4, 0.5) is 0 Å². The van der Waals surface area contributed by atoms with E-state index in [0.717, 1.165) is 24.2 Å². The van der Waals surface area contributed by atoms with Crippen LogP contribution in [0.25, 0.3) is 0 Å². The summed E-state index contributed by atoms with van der Waals surface area (Å²) in [5.74, 6) is 0.277. The lowest BCUT2D eigenvalue weighted by atomic mass is 9.49. The number of hydrogen-bond donors (Lipinski definition) is 1. The van der Waals surface area contributed by atoms with Gasteiger partial charge in [-0.1, -0.05) is 12.1 Å². The molecular weight excluding hydrogens is 570 g/mol. The Morgan fingerprint density at radius 2 is 1.61 bits per heavy atom. The fourth-order valence-corrected chi connectivity index (χ4v) is 7.37. The number of carbonyl (C=O) groups excluding carboxylic acids is 2. The first kappa shape index (κ1) is 28.3. The molecule has 1 unspecified atom stereocenters. The molecule has 1 N–H and O–H groups in total. The van der Waals surface area contributed by atoms with Crippen LogP contribution >= 0.6 is 0 Å². The molecule has 1 aliphatic carbocycles. The third-order valence-electron chi connectivity index (χ3n) is 10.1. The number of methoxy groups -OCH3 is 2. The molecule has 0 radical (unpaired) electrons. The molecule has 0 spiro atoms. The number of cyclic esters (lactones) is 1. The van der Waals surface area contributed by atoms with Gasteiger partial charge in [-0.15, -0.1) is 5.10 Å². The maximum Gasteiger partial charge on any atom is 0.313 e. The minimum Gasteiger partial charge on any atom is -0.502 e. The van der Waals surface area contributed by atoms with Gasteiger partial charge in [-0.05, 0) is 54.9 Å². The first-order valence-corrected chi connectivity index (χ1v) is 14.6. The molecule has 3 aliphatic heterocycles. The zero-order valence-corrected chi connectivity index (χ0v) is 25.3. The predicted molar refractivity (Wildman–Crippen MR) is 154 cm³/mol. The van der Waals surface area contributed by atoms with Crippen molar-refractivity contribution in [2.75, 3.05) is 60.8 Å². The summed E-state index contributed by atoms with van der Waals surface area (Å²) in [5, 5.41) is 19.5. The standard InChI is InChI=1S/C31H35N5O8/c1-30-15-42-29(39)31(30,2)25(17-10-23(40-4)26(37)24(11-17)41-5)18-12-21-22(44-16-43-21)13-19(18)27(30)36-14-20(32-33-36)28(38)35-8-6-34(3)7-9-35/h10-14,25,27,37H,6-9,15-16H2,1-5H3/t25-,27?,30-,31+/m1/s1. The summed E-state index contributed by atoms with van der Waals surface area (Å²) in [7, 11) is 4.95. The number of esters is 1. The average molecular weight is 606 g/mol. The molecule has 4 atom stereocenters. The Balaban J connectivity index is 1.42. The maximum absolute atomic E-state index is 14.0. The largest absolute Gasteiger partial charge is 0.502 e. The van der Waals surface area contributed by atoms with E-state index in [2.05, 4.69) is 15.2 Å². The second kappa shape index (κ2) is 10.0. The van der Waals surface area contributed by atoms with Crippen molar-refractivity contribution in [3.8, 4) is 28.7 Å². The number of amides is 1. The molecule has 13 nitrogen and oxygen atoms in total. The van der Waals surface area contributed by atoms with Crippen molar-refractivity contribution in [3.63, 3.8) is 0 Å². The van der Waals surface area contributed by atoms with Gasteiger partial charge in [0.05, 0.1) is 31.9 Å². The number of phenols is 1. The summed E-state index contributed by atoms with van der Waals surface area (Å²) >= 11 is 0. The number of carbonyl (C=O) groups is 2. The van der Waals surface area contributed by atoms with Crippen molar-refractivity contribution in [1.29, 1.82) is 0 Å². The Kier molecular flexibility index (Phi) is 6.43. The van der Waals surface area contributed by atoms with Crippen LogP contribution in [0.15, 0.2) is 30.5 Å². The molecule has 2 aromatic carbocycles. The van der Waals surface area contributed by atoms with Crippen LogP contribution in [0.2, 0.25) is 0 Å². The fraction of sp³-hybridized carbons (Fsp3) is 0.484. The Morgan fingerprint density at radius 1 is 0.977 bits per heavy atom. The van der Waals surface area contributed by atoms with E-state index in [1.54, 1.807) is 27.9 Å². The number of piperazine rings is 1. The van der Waals surface area contributed by atoms with Gasteiger partial charge in [0.25, 0.3) is 5.91 Å². The molecule has 7 rings (SSSR count). The summed E-state index contributed by atoms with van der Waals surface area (Å²) < 4.78 is 30.1. The molecular formula is C31H35N5O8. The Bertz CT molecular complexity index is 1640. The van der Waals surface area contributed by atoms with E-state index in [9.17, 15) is 14.7 Å². The monoisotopic (exact) mass is 605 g/mol. The molecule has 4 heterocycles. The van der Waals surface area contributed by atoms with E-state index in [0.29, 0.717) is 30.2 Å². The number of benzene rings is 2. The summed E-state index contributed by atoms with van der Waals surface area (Å²) in [5.41, 5.74) is 0.534. The van der Waals surface area contributed by atoms with Crippen molar-refractivity contribution in [1.82, 2.24) is 24.8 Å². The quantitative estimate of drug-likeness (QED) is 0.429. The molecule has 1 amide bonds. The maximum atomic E-state index is 14.0. The molecule has 13 heteroatoms. The van der Waals surface area contributed by atoms with Gasteiger partial charge in [0.15, 0.2) is 28.7 Å². The van der Waals surface area contributed by atoms with Gasteiger partial charge in [-0.3, -0.25) is 9.59 Å². The Labute approximate surface area is 254 Å². The number of rotatable bonds is 5. The second-order valence-corrected chi connectivity index (χ2v) is 12.3. The van der Waals surface area contributed by atoms with Crippen LogP contribution in [0.1, 0.15) is 53.0 Å². The highest BCUT2D eigenvalue weighted by Crippen LogP contribution is 2.67. The van der Waals surface area contributed by atoms with Gasteiger partial charge in [-0.25, -0.2) is 4.68 Å². The van der Waals surface area contributed by atoms with Gasteiger partial charge >= 0.3 is 5.97 Å². The van der Waals surface area contributed by atoms with Crippen LogP contribution in [-0.2, 0) is 9.53 Å². The number of nitrogens with zero attached hydrogens (tertiary/aromatic N) is 5. The zero-order valence-electron chi connectivity index (χ0n) is 25.3. The fourth-order valence-electron chi connectivity index (χ4n) is 7.37. The van der Waals surface area contributed by atoms with Gasteiger partial charge < -0.3 is 38.6 Å². The summed E-state index contributed by atoms with van der Waals surface area (Å²) in [6.07, 6.45) is 1.67. The van der Waals surface area contributed by atoms with Crippen molar-refractivity contribution in [3.05, 3.63) is 52.8 Å². The molecule has 3 aromatic rings. The highest BCUT2D eigenvalue weighted by Gasteiger charge is 2.68. The van der Waals surface area contributed by atoms with Crippen LogP contribution in [0.3, 0.4) is 0 Å². The smallest absolute Gasteiger partial charge is 0.313 e. The van der Waals surface area contributed by atoms with Gasteiger partial charge in [0.1, 0.15) is 6.61 Å². The predicted octanol–water partition coefficient (Wildman–Crippen LogP) is 2.42. The lowest BCUT2D eigenvalue weighted by Gasteiger charge is -2.51. The molecule has 0 saturated carbocycles. The van der Waals surface area contributed by atoms with Crippen LogP contribution in [0.5, 0.6) is 28.7 Å². The SMILES string of the molecule is COc1cc([C@@H]2c3cc4c(cc3C(n3cc(C(=O)N5CCN(C)CC5)nn3)[C@@]3(C)COC(=O)[C@]23C)OCO4)cc(OC)c1O. The zero-order chi connectivity index (χ0) is 31.0. The number of aromatic hydroxyl groups is 1. The first-order valence-electron chi connectivity index (χ1n) is 14.6. The number of hydrogen-bond acceptors (Lipinski definition) is 11. The van der Waals surface area contributed by atoms with Crippen molar-refractivity contribution in [2.45, 2.75) is 25.8 Å². The summed E-state index contributed by atoms with van der Waals surface area (Å²) in [6.45, 7) is 6.85. The molecule has 44 heavy (non-hydrogen) atoms. The third-order valence-corrected chi connectivity index (χ3v) is 10.1. The molecule has 2 saturated heterocycles. The minimum atomic E-state index is -1.14. The number of aromatic nitrogens is 3. The topological polar surface area (TPSA) is 138 Å². The third kappa shape index (κ3) is 3.87. The highest BCUT2D eigenvalue weighted by molar-refractivity contribution is 5.92.